The van der Waals surface area contributed by atoms with Crippen molar-refractivity contribution in [2.45, 2.75) is 48.4 Å². The molecule has 2 amide bonds. The molecule has 1 aliphatic rings. The van der Waals surface area contributed by atoms with Crippen LogP contribution in [0.4, 0.5) is 10.1 Å². The van der Waals surface area contributed by atoms with E-state index in [1.807, 2.05) is 32.2 Å². The molecule has 0 radical (unpaired) electrons. The summed E-state index contributed by atoms with van der Waals surface area (Å²) in [4.78, 5) is 33.1. The van der Waals surface area contributed by atoms with Crippen molar-refractivity contribution >= 4 is 29.3 Å². The van der Waals surface area contributed by atoms with Gasteiger partial charge >= 0.3 is 0 Å². The molecule has 0 saturated heterocycles. The molecule has 0 aromatic heterocycles. The normalized spacial score (nSPS) is 17.7. The second-order valence-corrected chi connectivity index (χ2v) is 13.2. The molecule has 0 fully saturated rings. The van der Waals surface area contributed by atoms with E-state index < -0.39 is 30.0 Å². The van der Waals surface area contributed by atoms with Gasteiger partial charge in [0.1, 0.15) is 11.9 Å². The van der Waals surface area contributed by atoms with Crippen LogP contribution in [-0.4, -0.2) is 70.7 Å². The first-order chi connectivity index (χ1) is 22.6. The molecule has 1 unspecified atom stereocenters. The number of rotatable bonds is 11. The molecule has 10 heteroatoms. The van der Waals surface area contributed by atoms with Crippen LogP contribution in [0.2, 0.25) is 0 Å². The zero-order valence-corrected chi connectivity index (χ0v) is 27.5. The number of carbonyl (C=O) groups excluding carboxylic acids is 2. The molecule has 0 bridgehead atoms. The molecular formula is C37H40FN3O5S. The summed E-state index contributed by atoms with van der Waals surface area (Å²) >= 11 is 1.71. The number of nitrogens with zero attached hydrogens (tertiary/aromatic N) is 2. The smallest absolute Gasteiger partial charge is 0.258 e. The average Bonchev–Trinajstić information content (AvgIpc) is 3.07. The number of carbonyl (C=O) groups is 2. The number of halogens is 1. The number of amides is 2. The number of para-hydroxylation sites is 1. The molecule has 0 aliphatic carbocycles. The second-order valence-electron chi connectivity index (χ2n) is 12.0. The molecule has 0 spiro atoms. The Hall–Kier alpha value is -4.22. The SMILES string of the molecule is C[C@@H]1CN([C@@H](C)CO)C(=O)c2cccc(NC(=O)C(O)c3ccc(F)cc3)c2O[C@@H]1CN(C)Cc1ccc(Sc2ccccc2)cc1. The molecule has 3 N–H and O–H groups in total. The third-order valence-electron chi connectivity index (χ3n) is 8.23. The number of ether oxygens (including phenoxy) is 1. The predicted octanol–water partition coefficient (Wildman–Crippen LogP) is 6.00. The number of aliphatic hydroxyl groups excluding tert-OH is 2. The van der Waals surface area contributed by atoms with Gasteiger partial charge in [-0.05, 0) is 73.6 Å². The van der Waals surface area contributed by atoms with Crippen LogP contribution in [0.25, 0.3) is 0 Å². The minimum absolute atomic E-state index is 0.137. The van der Waals surface area contributed by atoms with Crippen LogP contribution in [0.5, 0.6) is 5.75 Å². The Balaban J connectivity index is 1.36. The van der Waals surface area contributed by atoms with Crippen molar-refractivity contribution in [3.8, 4) is 5.75 Å². The average molecular weight is 658 g/mol. The van der Waals surface area contributed by atoms with Gasteiger partial charge in [0.05, 0.1) is 23.9 Å². The van der Waals surface area contributed by atoms with Crippen LogP contribution in [0.3, 0.4) is 0 Å². The van der Waals surface area contributed by atoms with Gasteiger partial charge in [-0.25, -0.2) is 4.39 Å². The zero-order valence-electron chi connectivity index (χ0n) is 26.7. The summed E-state index contributed by atoms with van der Waals surface area (Å²) in [7, 11) is 2.01. The Bertz CT molecular complexity index is 1660. The highest BCUT2D eigenvalue weighted by Crippen LogP contribution is 2.36. The van der Waals surface area contributed by atoms with Crippen molar-refractivity contribution in [3.05, 3.63) is 120 Å². The molecule has 47 heavy (non-hydrogen) atoms. The van der Waals surface area contributed by atoms with E-state index in [0.717, 1.165) is 10.5 Å². The van der Waals surface area contributed by atoms with Gasteiger partial charge in [0.15, 0.2) is 11.9 Å². The van der Waals surface area contributed by atoms with Gasteiger partial charge < -0.3 is 25.2 Å². The lowest BCUT2D eigenvalue weighted by molar-refractivity contribution is -0.124. The summed E-state index contributed by atoms with van der Waals surface area (Å²) in [6, 6.07) is 28.1. The van der Waals surface area contributed by atoms with E-state index >= 15 is 0 Å². The molecule has 4 aromatic rings. The van der Waals surface area contributed by atoms with E-state index in [4.69, 9.17) is 4.74 Å². The fraction of sp³-hybridized carbons (Fsp3) is 0.297. The van der Waals surface area contributed by atoms with Crippen LogP contribution in [0.1, 0.15) is 41.4 Å². The lowest BCUT2D eigenvalue weighted by atomic mass is 9.98. The standard InChI is InChI=1S/C37H40FN3O5S/c1-24-20-41(25(2)23-42)37(45)31-10-7-11-32(39-36(44)34(43)27-14-16-28(38)17-15-27)35(31)46-33(24)22-40(3)21-26-12-18-30(19-13-26)47-29-8-5-4-6-9-29/h4-19,24-25,33-34,42-43H,20-23H2,1-3H3,(H,39,44)/t24-,25+,33-,34?/m1/s1. The van der Waals surface area contributed by atoms with Crippen molar-refractivity contribution in [1.29, 1.82) is 0 Å². The van der Waals surface area contributed by atoms with Crippen LogP contribution in [0, 0.1) is 11.7 Å². The van der Waals surface area contributed by atoms with Crippen molar-refractivity contribution in [2.75, 3.05) is 32.1 Å². The van der Waals surface area contributed by atoms with E-state index in [1.54, 1.807) is 41.8 Å². The van der Waals surface area contributed by atoms with Gasteiger partial charge in [-0.2, -0.15) is 0 Å². The minimum atomic E-state index is -1.57. The number of anilines is 1. The number of nitrogens with one attached hydrogen (secondary N) is 1. The molecule has 4 aromatic carbocycles. The van der Waals surface area contributed by atoms with E-state index in [1.165, 1.54) is 29.2 Å². The fourth-order valence-electron chi connectivity index (χ4n) is 5.53. The summed E-state index contributed by atoms with van der Waals surface area (Å²) in [5.74, 6) is -1.51. The van der Waals surface area contributed by atoms with Gasteiger partial charge in [0, 0.05) is 35.3 Å². The van der Waals surface area contributed by atoms with Crippen LogP contribution in [-0.2, 0) is 11.3 Å². The van der Waals surface area contributed by atoms with Crippen LogP contribution in [0.15, 0.2) is 107 Å². The largest absolute Gasteiger partial charge is 0.486 e. The Kier molecular flexibility index (Phi) is 11.3. The van der Waals surface area contributed by atoms with Crippen molar-refractivity contribution in [1.82, 2.24) is 9.80 Å². The van der Waals surface area contributed by atoms with Crippen LogP contribution >= 0.6 is 11.8 Å². The van der Waals surface area contributed by atoms with E-state index in [-0.39, 0.29) is 41.0 Å². The molecule has 1 aliphatic heterocycles. The zero-order chi connectivity index (χ0) is 33.5. The monoisotopic (exact) mass is 657 g/mol. The first-order valence-electron chi connectivity index (χ1n) is 15.6. The van der Waals surface area contributed by atoms with E-state index in [2.05, 4.69) is 46.6 Å². The summed E-state index contributed by atoms with van der Waals surface area (Å²) in [5, 5.41) is 23.4. The van der Waals surface area contributed by atoms with Gasteiger partial charge in [0.2, 0.25) is 0 Å². The van der Waals surface area contributed by atoms with Gasteiger partial charge in [-0.3, -0.25) is 14.5 Å². The maximum Gasteiger partial charge on any atom is 0.258 e. The lowest BCUT2D eigenvalue weighted by Gasteiger charge is -2.38. The molecule has 8 nitrogen and oxygen atoms in total. The Morgan fingerprint density at radius 1 is 1.02 bits per heavy atom. The number of hydrogen-bond donors (Lipinski definition) is 3. The van der Waals surface area contributed by atoms with E-state index in [0.29, 0.717) is 19.6 Å². The number of benzene rings is 4. The molecule has 0 saturated carbocycles. The third-order valence-corrected chi connectivity index (χ3v) is 9.25. The van der Waals surface area contributed by atoms with Crippen molar-refractivity contribution in [2.24, 2.45) is 5.92 Å². The second kappa shape index (κ2) is 15.6. The topological polar surface area (TPSA) is 102 Å². The Morgan fingerprint density at radius 3 is 2.38 bits per heavy atom. The maximum absolute atomic E-state index is 13.8. The van der Waals surface area contributed by atoms with Gasteiger partial charge in [-0.1, -0.05) is 67.2 Å². The molecule has 4 atom stereocenters. The molecule has 1 heterocycles. The summed E-state index contributed by atoms with van der Waals surface area (Å²) < 4.78 is 20.0. The van der Waals surface area contributed by atoms with Crippen LogP contribution < -0.4 is 10.1 Å². The van der Waals surface area contributed by atoms with Crippen molar-refractivity contribution < 1.29 is 28.9 Å². The Labute approximate surface area is 279 Å². The summed E-state index contributed by atoms with van der Waals surface area (Å²) in [6.45, 7) is 5.12. The quantitative estimate of drug-likeness (QED) is 0.182. The predicted molar refractivity (Wildman–Crippen MR) is 181 cm³/mol. The highest BCUT2D eigenvalue weighted by Gasteiger charge is 2.35. The first kappa shape index (κ1) is 34.1. The lowest BCUT2D eigenvalue weighted by Crippen LogP contribution is -2.49. The van der Waals surface area contributed by atoms with E-state index in [9.17, 15) is 24.2 Å². The van der Waals surface area contributed by atoms with Gasteiger partial charge in [0.25, 0.3) is 11.8 Å². The third kappa shape index (κ3) is 8.58. The number of likely N-dealkylation sites (N-methyl/N-ethyl adjacent to an activating group) is 1. The first-order valence-corrected chi connectivity index (χ1v) is 16.4. The minimum Gasteiger partial charge on any atom is -0.486 e. The summed E-state index contributed by atoms with van der Waals surface area (Å²) in [6.07, 6.45) is -1.96. The molecular weight excluding hydrogens is 617 g/mol. The number of hydrogen-bond acceptors (Lipinski definition) is 7. The Morgan fingerprint density at radius 2 is 1.70 bits per heavy atom. The van der Waals surface area contributed by atoms with Gasteiger partial charge in [-0.15, -0.1) is 0 Å². The highest BCUT2D eigenvalue weighted by molar-refractivity contribution is 7.99. The fourth-order valence-corrected chi connectivity index (χ4v) is 6.37. The number of aliphatic hydroxyl groups is 2. The molecule has 246 valence electrons. The molecule has 5 rings (SSSR count). The summed E-state index contributed by atoms with van der Waals surface area (Å²) in [5.41, 5.74) is 1.83. The maximum atomic E-state index is 13.8. The number of fused-ring (bicyclic) bond motifs is 1. The van der Waals surface area contributed by atoms with Crippen molar-refractivity contribution in [3.63, 3.8) is 0 Å². The highest BCUT2D eigenvalue weighted by atomic mass is 32.2.